The van der Waals surface area contributed by atoms with E-state index in [2.05, 4.69) is 13.8 Å². The second-order valence-electron chi connectivity index (χ2n) is 5.97. The molecule has 1 aliphatic rings. The third-order valence-corrected chi connectivity index (χ3v) is 5.98. The van der Waals surface area contributed by atoms with E-state index < -0.39 is 10.0 Å². The number of rotatable bonds is 3. The fourth-order valence-corrected chi connectivity index (χ4v) is 5.11. The topological polar surface area (TPSA) is 37.4 Å². The molecule has 1 atom stereocenters. The van der Waals surface area contributed by atoms with Crippen molar-refractivity contribution >= 4 is 10.0 Å². The van der Waals surface area contributed by atoms with Crippen molar-refractivity contribution in [1.29, 1.82) is 0 Å². The summed E-state index contributed by atoms with van der Waals surface area (Å²) < 4.78 is 27.6. The molecule has 20 heavy (non-hydrogen) atoms. The van der Waals surface area contributed by atoms with E-state index in [0.29, 0.717) is 11.4 Å². The summed E-state index contributed by atoms with van der Waals surface area (Å²) in [6.45, 7) is 10.3. The maximum absolute atomic E-state index is 13.0. The number of sulfonamides is 1. The van der Waals surface area contributed by atoms with Crippen LogP contribution in [0.2, 0.25) is 0 Å². The molecule has 0 aromatic heterocycles. The van der Waals surface area contributed by atoms with E-state index in [4.69, 9.17) is 0 Å². The first kappa shape index (κ1) is 15.3. The predicted octanol–water partition coefficient (Wildman–Crippen LogP) is 3.20. The molecule has 0 amide bonds. The average molecular weight is 293 g/mol. The largest absolute Gasteiger partial charge is 0.244 e. The normalized spacial score (nSPS) is 20.0. The van der Waals surface area contributed by atoms with Crippen LogP contribution in [0.4, 0.5) is 0 Å². The Morgan fingerprint density at radius 2 is 1.70 bits per heavy atom. The van der Waals surface area contributed by atoms with Crippen LogP contribution in [-0.4, -0.2) is 25.3 Å². The van der Waals surface area contributed by atoms with E-state index in [9.17, 15) is 8.42 Å². The van der Waals surface area contributed by atoms with Gasteiger partial charge in [-0.3, -0.25) is 0 Å². The molecular formula is C16H23NO2S. The molecule has 1 unspecified atom stereocenters. The van der Waals surface area contributed by atoms with Crippen LogP contribution in [0.25, 0.3) is 0 Å². The highest BCUT2D eigenvalue weighted by molar-refractivity contribution is 7.89. The van der Waals surface area contributed by atoms with Crippen LogP contribution in [0.3, 0.4) is 0 Å². The van der Waals surface area contributed by atoms with Crippen LogP contribution in [0.5, 0.6) is 0 Å². The van der Waals surface area contributed by atoms with Gasteiger partial charge in [0.25, 0.3) is 0 Å². The van der Waals surface area contributed by atoms with E-state index in [0.717, 1.165) is 16.7 Å². The van der Waals surface area contributed by atoms with Gasteiger partial charge in [-0.1, -0.05) is 43.7 Å². The summed E-state index contributed by atoms with van der Waals surface area (Å²) in [6, 6.07) is 3.83. The van der Waals surface area contributed by atoms with Crippen molar-refractivity contribution in [2.24, 2.45) is 5.92 Å². The molecule has 1 heterocycles. The van der Waals surface area contributed by atoms with Crippen molar-refractivity contribution in [2.45, 2.75) is 45.6 Å². The zero-order chi connectivity index (χ0) is 15.1. The lowest BCUT2D eigenvalue weighted by atomic mass is 10.1. The molecule has 0 saturated heterocycles. The summed E-state index contributed by atoms with van der Waals surface area (Å²) in [4.78, 5) is 0.470. The first-order chi connectivity index (χ1) is 9.25. The number of aryl methyl sites for hydroxylation is 3. The zero-order valence-electron chi connectivity index (χ0n) is 12.8. The zero-order valence-corrected chi connectivity index (χ0v) is 13.7. The number of hydrogen-bond acceptors (Lipinski definition) is 2. The first-order valence-corrected chi connectivity index (χ1v) is 8.45. The molecule has 0 saturated carbocycles. The minimum atomic E-state index is -3.44. The van der Waals surface area contributed by atoms with Crippen LogP contribution >= 0.6 is 0 Å². The van der Waals surface area contributed by atoms with Gasteiger partial charge in [-0.05, 0) is 37.8 Å². The molecule has 1 aliphatic heterocycles. The molecule has 0 fully saturated rings. The second-order valence-corrected chi connectivity index (χ2v) is 7.79. The Balaban J connectivity index is 2.52. The summed E-state index contributed by atoms with van der Waals surface area (Å²) in [6.07, 6.45) is 3.95. The van der Waals surface area contributed by atoms with Crippen LogP contribution in [0.15, 0.2) is 29.2 Å². The van der Waals surface area contributed by atoms with Gasteiger partial charge in [-0.25, -0.2) is 8.42 Å². The van der Waals surface area contributed by atoms with E-state index in [-0.39, 0.29) is 12.0 Å². The van der Waals surface area contributed by atoms with Gasteiger partial charge in [0.05, 0.1) is 4.90 Å². The quantitative estimate of drug-likeness (QED) is 0.803. The minimum Gasteiger partial charge on any atom is -0.207 e. The van der Waals surface area contributed by atoms with Crippen molar-refractivity contribution < 1.29 is 8.42 Å². The van der Waals surface area contributed by atoms with Crippen molar-refractivity contribution in [3.8, 4) is 0 Å². The fourth-order valence-electron chi connectivity index (χ4n) is 3.03. The Morgan fingerprint density at radius 1 is 1.15 bits per heavy atom. The molecule has 0 bridgehead atoms. The van der Waals surface area contributed by atoms with Crippen LogP contribution in [0.1, 0.15) is 30.5 Å². The molecule has 1 aromatic carbocycles. The average Bonchev–Trinajstić information content (AvgIpc) is 2.75. The highest BCUT2D eigenvalue weighted by Crippen LogP contribution is 2.30. The third-order valence-electron chi connectivity index (χ3n) is 3.81. The first-order valence-electron chi connectivity index (χ1n) is 7.01. The van der Waals surface area contributed by atoms with E-state index in [1.54, 1.807) is 4.31 Å². The number of nitrogens with zero attached hydrogens (tertiary/aromatic N) is 1. The van der Waals surface area contributed by atoms with Crippen molar-refractivity contribution in [3.63, 3.8) is 0 Å². The molecule has 0 radical (unpaired) electrons. The molecule has 4 heteroatoms. The molecule has 3 nitrogen and oxygen atoms in total. The van der Waals surface area contributed by atoms with Gasteiger partial charge in [-0.2, -0.15) is 4.31 Å². The second kappa shape index (κ2) is 5.34. The Morgan fingerprint density at radius 3 is 2.20 bits per heavy atom. The van der Waals surface area contributed by atoms with Gasteiger partial charge in [0, 0.05) is 12.6 Å². The molecule has 2 rings (SSSR count). The lowest BCUT2D eigenvalue weighted by molar-refractivity contribution is 0.343. The highest BCUT2D eigenvalue weighted by Gasteiger charge is 2.35. The number of benzene rings is 1. The Labute approximate surface area is 122 Å². The smallest absolute Gasteiger partial charge is 0.207 e. The van der Waals surface area contributed by atoms with Crippen molar-refractivity contribution in [1.82, 2.24) is 4.31 Å². The Hall–Kier alpha value is -1.13. The van der Waals surface area contributed by atoms with Gasteiger partial charge >= 0.3 is 0 Å². The summed E-state index contributed by atoms with van der Waals surface area (Å²) in [5, 5.41) is 0. The fraction of sp³-hybridized carbons (Fsp3) is 0.500. The summed E-state index contributed by atoms with van der Waals surface area (Å²) in [5.74, 6) is 0.273. The van der Waals surface area contributed by atoms with Gasteiger partial charge in [0.1, 0.15) is 0 Å². The number of hydrogen-bond donors (Lipinski definition) is 0. The molecular weight excluding hydrogens is 270 g/mol. The van der Waals surface area contributed by atoms with E-state index >= 15 is 0 Å². The van der Waals surface area contributed by atoms with Crippen molar-refractivity contribution in [3.05, 3.63) is 41.0 Å². The van der Waals surface area contributed by atoms with Crippen LogP contribution < -0.4 is 0 Å². The minimum absolute atomic E-state index is 0.0416. The molecule has 0 spiro atoms. The van der Waals surface area contributed by atoms with Gasteiger partial charge < -0.3 is 0 Å². The van der Waals surface area contributed by atoms with E-state index in [1.807, 2.05) is 45.1 Å². The molecule has 110 valence electrons. The summed E-state index contributed by atoms with van der Waals surface area (Å²) in [5.41, 5.74) is 2.76. The summed E-state index contributed by atoms with van der Waals surface area (Å²) >= 11 is 0. The van der Waals surface area contributed by atoms with Crippen LogP contribution in [-0.2, 0) is 10.0 Å². The highest BCUT2D eigenvalue weighted by atomic mass is 32.2. The predicted molar refractivity (Wildman–Crippen MR) is 82.3 cm³/mol. The standard InChI is InChI=1S/C16H23NO2S/c1-11(2)15-7-6-8-17(15)20(18,19)16-13(4)9-12(3)10-14(16)5/h6-7,9-11,15H,8H2,1-5H3. The molecule has 0 N–H and O–H groups in total. The van der Waals surface area contributed by atoms with Gasteiger partial charge in [-0.15, -0.1) is 0 Å². The summed E-state index contributed by atoms with van der Waals surface area (Å²) in [7, 11) is -3.44. The molecule has 1 aromatic rings. The van der Waals surface area contributed by atoms with Gasteiger partial charge in [0.15, 0.2) is 0 Å². The van der Waals surface area contributed by atoms with Crippen LogP contribution in [0, 0.1) is 26.7 Å². The van der Waals surface area contributed by atoms with Gasteiger partial charge in [0.2, 0.25) is 10.0 Å². The SMILES string of the molecule is Cc1cc(C)c(S(=O)(=O)N2CC=CC2C(C)C)c(C)c1. The van der Waals surface area contributed by atoms with Crippen molar-refractivity contribution in [2.75, 3.05) is 6.54 Å². The monoisotopic (exact) mass is 293 g/mol. The lowest BCUT2D eigenvalue weighted by Gasteiger charge is -2.28. The Bertz CT molecular complexity index is 621. The third kappa shape index (κ3) is 2.54. The maximum atomic E-state index is 13.0. The Kier molecular flexibility index (Phi) is 4.07. The lowest BCUT2D eigenvalue weighted by Crippen LogP contribution is -2.39. The maximum Gasteiger partial charge on any atom is 0.244 e. The van der Waals surface area contributed by atoms with E-state index in [1.165, 1.54) is 0 Å². The molecule has 0 aliphatic carbocycles.